The maximum Gasteiger partial charge on any atom is 0.0767 e. The molecule has 0 spiro atoms. The Labute approximate surface area is 122 Å². The standard InChI is InChI=1S/C17H26N2O/c1-20-16-8-4-5-10-17(16,13-18)19-11-9-14-6-2-3-7-15(14)12-19/h2-3,6-7,16H,4-5,8-13,18H2,1H3. The van der Waals surface area contributed by atoms with Gasteiger partial charge in [0.05, 0.1) is 11.6 Å². The van der Waals surface area contributed by atoms with Crippen molar-refractivity contribution in [1.29, 1.82) is 0 Å². The zero-order valence-corrected chi connectivity index (χ0v) is 12.5. The lowest BCUT2D eigenvalue weighted by molar-refractivity contribution is -0.0810. The molecule has 20 heavy (non-hydrogen) atoms. The van der Waals surface area contributed by atoms with E-state index in [1.807, 2.05) is 7.11 Å². The number of methoxy groups -OCH3 is 1. The first-order valence-electron chi connectivity index (χ1n) is 7.85. The molecule has 110 valence electrons. The zero-order valence-electron chi connectivity index (χ0n) is 12.5. The molecule has 0 bridgehead atoms. The van der Waals surface area contributed by atoms with Gasteiger partial charge in [0.25, 0.3) is 0 Å². The highest BCUT2D eigenvalue weighted by Crippen LogP contribution is 2.37. The summed E-state index contributed by atoms with van der Waals surface area (Å²) in [5.74, 6) is 0. The number of fused-ring (bicyclic) bond motifs is 1. The van der Waals surface area contributed by atoms with E-state index in [0.29, 0.717) is 6.54 Å². The van der Waals surface area contributed by atoms with E-state index in [1.165, 1.54) is 30.4 Å². The van der Waals surface area contributed by atoms with Crippen LogP contribution in [-0.4, -0.2) is 36.7 Å². The first-order chi connectivity index (χ1) is 9.80. The minimum atomic E-state index is 0.0422. The smallest absolute Gasteiger partial charge is 0.0767 e. The van der Waals surface area contributed by atoms with Gasteiger partial charge in [-0.3, -0.25) is 4.90 Å². The Hall–Kier alpha value is -0.900. The van der Waals surface area contributed by atoms with Crippen LogP contribution in [0.3, 0.4) is 0 Å². The third kappa shape index (κ3) is 2.28. The fourth-order valence-electron chi connectivity index (χ4n) is 4.13. The van der Waals surface area contributed by atoms with Gasteiger partial charge in [-0.2, -0.15) is 0 Å². The molecule has 1 aliphatic carbocycles. The summed E-state index contributed by atoms with van der Waals surface area (Å²) in [6.45, 7) is 2.83. The Morgan fingerprint density at radius 2 is 2.10 bits per heavy atom. The van der Waals surface area contributed by atoms with Gasteiger partial charge in [-0.1, -0.05) is 37.1 Å². The molecule has 1 aromatic rings. The largest absolute Gasteiger partial charge is 0.379 e. The van der Waals surface area contributed by atoms with Crippen molar-refractivity contribution in [3.05, 3.63) is 35.4 Å². The van der Waals surface area contributed by atoms with E-state index >= 15 is 0 Å². The summed E-state index contributed by atoms with van der Waals surface area (Å²) >= 11 is 0. The maximum absolute atomic E-state index is 6.23. The number of benzene rings is 1. The summed E-state index contributed by atoms with van der Waals surface area (Å²) < 4.78 is 5.82. The summed E-state index contributed by atoms with van der Waals surface area (Å²) in [7, 11) is 1.85. The lowest BCUT2D eigenvalue weighted by Crippen LogP contribution is -2.63. The average molecular weight is 274 g/mol. The van der Waals surface area contributed by atoms with Gasteiger partial charge in [0.2, 0.25) is 0 Å². The first-order valence-corrected chi connectivity index (χ1v) is 7.85. The molecule has 2 atom stereocenters. The Morgan fingerprint density at radius 1 is 1.30 bits per heavy atom. The molecular formula is C17H26N2O. The van der Waals surface area contributed by atoms with Crippen molar-refractivity contribution >= 4 is 0 Å². The van der Waals surface area contributed by atoms with Crippen LogP contribution >= 0.6 is 0 Å². The SMILES string of the molecule is COC1CCCCC1(CN)N1CCc2ccccc2C1. The number of rotatable bonds is 3. The maximum atomic E-state index is 6.23. The number of nitrogens with zero attached hydrogens (tertiary/aromatic N) is 1. The Kier molecular flexibility index (Phi) is 4.11. The number of hydrogen-bond donors (Lipinski definition) is 1. The summed E-state index contributed by atoms with van der Waals surface area (Å²) in [6.07, 6.45) is 6.27. The average Bonchev–Trinajstić information content (AvgIpc) is 2.54. The van der Waals surface area contributed by atoms with Gasteiger partial charge < -0.3 is 10.5 Å². The number of nitrogens with two attached hydrogens (primary N) is 1. The summed E-state index contributed by atoms with van der Waals surface area (Å²) in [4.78, 5) is 2.60. The molecule has 3 rings (SSSR count). The Morgan fingerprint density at radius 3 is 2.85 bits per heavy atom. The Balaban J connectivity index is 1.87. The van der Waals surface area contributed by atoms with Crippen LogP contribution in [0.2, 0.25) is 0 Å². The molecule has 1 heterocycles. The van der Waals surface area contributed by atoms with Gasteiger partial charge in [-0.05, 0) is 30.4 Å². The summed E-state index contributed by atoms with van der Waals surface area (Å²) in [5.41, 5.74) is 9.24. The van der Waals surface area contributed by atoms with Crippen LogP contribution in [0.4, 0.5) is 0 Å². The quantitative estimate of drug-likeness (QED) is 0.919. The van der Waals surface area contributed by atoms with Gasteiger partial charge in [-0.25, -0.2) is 0 Å². The van der Waals surface area contributed by atoms with Crippen molar-refractivity contribution in [3.8, 4) is 0 Å². The van der Waals surface area contributed by atoms with Crippen molar-refractivity contribution in [2.45, 2.75) is 50.3 Å². The van der Waals surface area contributed by atoms with Crippen molar-refractivity contribution in [2.75, 3.05) is 20.2 Å². The van der Waals surface area contributed by atoms with Gasteiger partial charge in [0, 0.05) is 26.7 Å². The highest BCUT2D eigenvalue weighted by atomic mass is 16.5. The fourth-order valence-corrected chi connectivity index (χ4v) is 4.13. The normalized spacial score (nSPS) is 31.0. The molecule has 0 aromatic heterocycles. The molecule has 0 radical (unpaired) electrons. The van der Waals surface area contributed by atoms with Gasteiger partial charge in [0.15, 0.2) is 0 Å². The second-order valence-electron chi connectivity index (χ2n) is 6.22. The van der Waals surface area contributed by atoms with Crippen molar-refractivity contribution < 1.29 is 4.74 Å². The molecule has 1 saturated carbocycles. The van der Waals surface area contributed by atoms with Crippen LogP contribution in [0.25, 0.3) is 0 Å². The van der Waals surface area contributed by atoms with Gasteiger partial charge in [-0.15, -0.1) is 0 Å². The van der Waals surface area contributed by atoms with E-state index in [9.17, 15) is 0 Å². The molecule has 1 fully saturated rings. The number of hydrogen-bond acceptors (Lipinski definition) is 3. The molecule has 1 aromatic carbocycles. The third-order valence-electron chi connectivity index (χ3n) is 5.32. The Bertz CT molecular complexity index is 462. The van der Waals surface area contributed by atoms with E-state index in [0.717, 1.165) is 25.9 Å². The fraction of sp³-hybridized carbons (Fsp3) is 0.647. The monoisotopic (exact) mass is 274 g/mol. The van der Waals surface area contributed by atoms with Gasteiger partial charge >= 0.3 is 0 Å². The van der Waals surface area contributed by atoms with Crippen molar-refractivity contribution in [1.82, 2.24) is 4.90 Å². The lowest BCUT2D eigenvalue weighted by Gasteiger charge is -2.51. The molecule has 2 aliphatic rings. The third-order valence-corrected chi connectivity index (χ3v) is 5.32. The van der Waals surface area contributed by atoms with E-state index < -0.39 is 0 Å². The minimum absolute atomic E-state index is 0.0422. The van der Waals surface area contributed by atoms with Crippen LogP contribution in [0, 0.1) is 0 Å². The highest BCUT2D eigenvalue weighted by molar-refractivity contribution is 5.30. The molecule has 0 amide bonds. The highest BCUT2D eigenvalue weighted by Gasteiger charge is 2.45. The molecule has 2 N–H and O–H groups in total. The lowest BCUT2D eigenvalue weighted by atomic mass is 9.76. The van der Waals surface area contributed by atoms with E-state index in [-0.39, 0.29) is 11.6 Å². The molecule has 3 nitrogen and oxygen atoms in total. The second-order valence-corrected chi connectivity index (χ2v) is 6.22. The van der Waals surface area contributed by atoms with E-state index in [2.05, 4.69) is 29.2 Å². The predicted octanol–water partition coefficient (Wildman–Crippen LogP) is 2.33. The molecule has 2 unspecified atom stereocenters. The summed E-state index contributed by atoms with van der Waals surface area (Å²) in [5, 5.41) is 0. The number of ether oxygens (including phenoxy) is 1. The molecule has 0 saturated heterocycles. The first kappa shape index (κ1) is 14.1. The van der Waals surface area contributed by atoms with Crippen molar-refractivity contribution in [2.24, 2.45) is 5.73 Å². The van der Waals surface area contributed by atoms with Crippen LogP contribution in [0.1, 0.15) is 36.8 Å². The zero-order chi connectivity index (χ0) is 14.0. The van der Waals surface area contributed by atoms with E-state index in [1.54, 1.807) is 0 Å². The predicted molar refractivity (Wildman–Crippen MR) is 81.6 cm³/mol. The van der Waals surface area contributed by atoms with Crippen LogP contribution in [0.5, 0.6) is 0 Å². The minimum Gasteiger partial charge on any atom is -0.379 e. The second kappa shape index (κ2) is 5.84. The molecule has 1 aliphatic heterocycles. The topological polar surface area (TPSA) is 38.5 Å². The van der Waals surface area contributed by atoms with Crippen molar-refractivity contribution in [3.63, 3.8) is 0 Å². The van der Waals surface area contributed by atoms with Crippen LogP contribution in [-0.2, 0) is 17.7 Å². The van der Waals surface area contributed by atoms with Crippen LogP contribution in [0.15, 0.2) is 24.3 Å². The van der Waals surface area contributed by atoms with Crippen LogP contribution < -0.4 is 5.73 Å². The van der Waals surface area contributed by atoms with Gasteiger partial charge in [0.1, 0.15) is 0 Å². The molecule has 3 heteroatoms. The summed E-state index contributed by atoms with van der Waals surface area (Å²) in [6, 6.07) is 8.81. The van der Waals surface area contributed by atoms with E-state index in [4.69, 9.17) is 10.5 Å². The molecular weight excluding hydrogens is 248 g/mol.